The topological polar surface area (TPSA) is 90.1 Å². The van der Waals surface area contributed by atoms with Gasteiger partial charge in [-0.1, -0.05) is 11.3 Å². The largest absolute Gasteiger partial charge is 0.324 e. The van der Waals surface area contributed by atoms with Crippen molar-refractivity contribution >= 4 is 28.1 Å². The highest BCUT2D eigenvalue weighted by molar-refractivity contribution is 7.17. The molecule has 7 nitrogen and oxygen atoms in total. The molecule has 2 aromatic heterocycles. The summed E-state index contributed by atoms with van der Waals surface area (Å²) in [6.45, 7) is 0. The van der Waals surface area contributed by atoms with Gasteiger partial charge in [0.1, 0.15) is 0 Å². The molecule has 88 valence electrons. The molecular weight excluding hydrogens is 244 g/mol. The maximum absolute atomic E-state index is 11.7. The van der Waals surface area contributed by atoms with Gasteiger partial charge in [0, 0.05) is 25.4 Å². The van der Waals surface area contributed by atoms with E-state index in [0.29, 0.717) is 5.82 Å². The zero-order chi connectivity index (χ0) is 12.4. The van der Waals surface area contributed by atoms with E-state index in [1.807, 2.05) is 0 Å². The predicted molar refractivity (Wildman–Crippen MR) is 62.1 cm³/mol. The number of nitrogens with zero attached hydrogens (tertiary/aromatic N) is 3. The van der Waals surface area contributed by atoms with Crippen molar-refractivity contribution in [2.45, 2.75) is 0 Å². The summed E-state index contributed by atoms with van der Waals surface area (Å²) in [6, 6.07) is 4.36. The van der Waals surface area contributed by atoms with Crippen LogP contribution < -0.4 is 5.32 Å². The minimum absolute atomic E-state index is 0.0591. The van der Waals surface area contributed by atoms with Crippen LogP contribution in [0, 0.1) is 10.1 Å². The maximum atomic E-state index is 11.7. The average Bonchev–Trinajstić information content (AvgIpc) is 2.86. The molecule has 0 bridgehead atoms. The summed E-state index contributed by atoms with van der Waals surface area (Å²) in [6.07, 6.45) is 1.69. The van der Waals surface area contributed by atoms with Crippen LogP contribution in [0.15, 0.2) is 24.4 Å². The van der Waals surface area contributed by atoms with Crippen LogP contribution in [-0.2, 0) is 7.05 Å². The summed E-state index contributed by atoms with van der Waals surface area (Å²) >= 11 is 0.829. The lowest BCUT2D eigenvalue weighted by Crippen LogP contribution is -2.10. The summed E-state index contributed by atoms with van der Waals surface area (Å²) in [5.74, 6) is 0.00959. The van der Waals surface area contributed by atoms with E-state index in [-0.39, 0.29) is 9.88 Å². The van der Waals surface area contributed by atoms with Gasteiger partial charge in [0.2, 0.25) is 0 Å². The van der Waals surface area contributed by atoms with Crippen molar-refractivity contribution < 1.29 is 9.72 Å². The van der Waals surface area contributed by atoms with Gasteiger partial charge < -0.3 is 5.32 Å². The number of amides is 1. The van der Waals surface area contributed by atoms with Crippen molar-refractivity contribution in [2.75, 3.05) is 5.32 Å². The van der Waals surface area contributed by atoms with Crippen molar-refractivity contribution in [3.05, 3.63) is 39.4 Å². The number of carbonyl (C=O) groups excluding carboxylic acids is 1. The molecule has 2 aromatic rings. The maximum Gasteiger partial charge on any atom is 0.324 e. The molecule has 2 heterocycles. The van der Waals surface area contributed by atoms with Crippen LogP contribution in [0.3, 0.4) is 0 Å². The molecular formula is C9H8N4O3S. The lowest BCUT2D eigenvalue weighted by atomic mass is 10.4. The van der Waals surface area contributed by atoms with E-state index in [2.05, 4.69) is 10.4 Å². The fourth-order valence-corrected chi connectivity index (χ4v) is 1.92. The fourth-order valence-electron chi connectivity index (χ4n) is 1.21. The number of carbonyl (C=O) groups is 1. The molecule has 0 aliphatic heterocycles. The SMILES string of the molecule is Cn1ccc(NC(=O)c2ccc([N+](=O)[O-])s2)n1. The monoisotopic (exact) mass is 252 g/mol. The van der Waals surface area contributed by atoms with Gasteiger partial charge in [-0.05, 0) is 6.07 Å². The van der Waals surface area contributed by atoms with Crippen molar-refractivity contribution in [3.63, 3.8) is 0 Å². The normalized spacial score (nSPS) is 10.2. The van der Waals surface area contributed by atoms with Gasteiger partial charge >= 0.3 is 5.00 Å². The first-order chi connectivity index (χ1) is 8.06. The van der Waals surface area contributed by atoms with Gasteiger partial charge in [0.15, 0.2) is 5.82 Å². The minimum Gasteiger partial charge on any atom is -0.304 e. The molecule has 1 N–H and O–H groups in total. The van der Waals surface area contributed by atoms with Gasteiger partial charge in [0.05, 0.1) is 9.80 Å². The Kier molecular flexibility index (Phi) is 2.88. The zero-order valence-corrected chi connectivity index (χ0v) is 9.60. The Morgan fingerprint density at radius 3 is 2.82 bits per heavy atom. The molecule has 0 aliphatic carbocycles. The van der Waals surface area contributed by atoms with Crippen LogP contribution >= 0.6 is 11.3 Å². The first-order valence-corrected chi connectivity index (χ1v) is 5.43. The molecule has 0 fully saturated rings. The van der Waals surface area contributed by atoms with E-state index in [9.17, 15) is 14.9 Å². The number of hydrogen-bond acceptors (Lipinski definition) is 5. The smallest absolute Gasteiger partial charge is 0.304 e. The number of anilines is 1. The Bertz CT molecular complexity index is 574. The summed E-state index contributed by atoms with van der Waals surface area (Å²) in [7, 11) is 1.73. The number of hydrogen-bond donors (Lipinski definition) is 1. The summed E-state index contributed by atoms with van der Waals surface area (Å²) < 4.78 is 1.55. The van der Waals surface area contributed by atoms with Gasteiger partial charge in [-0.15, -0.1) is 0 Å². The van der Waals surface area contributed by atoms with Gasteiger partial charge in [0.25, 0.3) is 5.91 Å². The number of nitro groups is 1. The second kappa shape index (κ2) is 4.34. The number of aromatic nitrogens is 2. The molecule has 0 aliphatic rings. The van der Waals surface area contributed by atoms with Crippen LogP contribution in [-0.4, -0.2) is 20.6 Å². The summed E-state index contributed by atoms with van der Waals surface area (Å²) in [4.78, 5) is 21.9. The molecule has 1 amide bonds. The standard InChI is InChI=1S/C9H8N4O3S/c1-12-5-4-7(11-12)10-9(14)6-2-3-8(17-6)13(15)16/h2-5H,1H3,(H,10,11,14). The Morgan fingerprint density at radius 2 is 2.29 bits per heavy atom. The van der Waals surface area contributed by atoms with E-state index in [1.165, 1.54) is 12.1 Å². The first kappa shape index (κ1) is 11.3. The second-order valence-corrected chi connectivity index (χ2v) is 4.29. The van der Waals surface area contributed by atoms with Crippen molar-refractivity contribution in [1.29, 1.82) is 0 Å². The Labute approximate surface area is 99.8 Å². The van der Waals surface area contributed by atoms with E-state index < -0.39 is 10.8 Å². The van der Waals surface area contributed by atoms with Crippen LogP contribution in [0.5, 0.6) is 0 Å². The molecule has 0 atom stereocenters. The molecule has 0 unspecified atom stereocenters. The van der Waals surface area contributed by atoms with Gasteiger partial charge in [-0.25, -0.2) is 0 Å². The highest BCUT2D eigenvalue weighted by atomic mass is 32.1. The molecule has 0 radical (unpaired) electrons. The fraction of sp³-hybridized carbons (Fsp3) is 0.111. The van der Waals surface area contributed by atoms with Crippen LogP contribution in [0.25, 0.3) is 0 Å². The highest BCUT2D eigenvalue weighted by Crippen LogP contribution is 2.24. The third-order valence-electron chi connectivity index (χ3n) is 1.95. The Balaban J connectivity index is 2.11. The van der Waals surface area contributed by atoms with Gasteiger partial charge in [-0.2, -0.15) is 5.10 Å². The third kappa shape index (κ3) is 2.48. The highest BCUT2D eigenvalue weighted by Gasteiger charge is 2.15. The number of rotatable bonds is 3. The molecule has 0 saturated heterocycles. The van der Waals surface area contributed by atoms with E-state index in [1.54, 1.807) is 24.0 Å². The van der Waals surface area contributed by atoms with Crippen molar-refractivity contribution in [2.24, 2.45) is 7.05 Å². The molecule has 0 aromatic carbocycles. The average molecular weight is 252 g/mol. The predicted octanol–water partition coefficient (Wildman–Crippen LogP) is 1.64. The Morgan fingerprint density at radius 1 is 1.53 bits per heavy atom. The van der Waals surface area contributed by atoms with E-state index in [4.69, 9.17) is 0 Å². The molecule has 17 heavy (non-hydrogen) atoms. The number of nitrogens with one attached hydrogen (secondary N) is 1. The summed E-state index contributed by atoms with van der Waals surface area (Å²) in [5, 5.41) is 16.9. The number of thiophene rings is 1. The minimum atomic E-state index is -0.526. The zero-order valence-electron chi connectivity index (χ0n) is 8.78. The lowest BCUT2D eigenvalue weighted by molar-refractivity contribution is -0.380. The Hall–Kier alpha value is -2.22. The molecule has 0 saturated carbocycles. The first-order valence-electron chi connectivity index (χ1n) is 4.61. The molecule has 8 heteroatoms. The van der Waals surface area contributed by atoms with Gasteiger partial charge in [-0.3, -0.25) is 19.6 Å². The quantitative estimate of drug-likeness (QED) is 0.664. The van der Waals surface area contributed by atoms with Crippen LogP contribution in [0.2, 0.25) is 0 Å². The second-order valence-electron chi connectivity index (χ2n) is 3.22. The van der Waals surface area contributed by atoms with E-state index in [0.717, 1.165) is 11.3 Å². The van der Waals surface area contributed by atoms with Crippen molar-refractivity contribution in [1.82, 2.24) is 9.78 Å². The molecule has 2 rings (SSSR count). The third-order valence-corrected chi connectivity index (χ3v) is 2.99. The van der Waals surface area contributed by atoms with Crippen LogP contribution in [0.1, 0.15) is 9.67 Å². The number of aryl methyl sites for hydroxylation is 1. The van der Waals surface area contributed by atoms with E-state index >= 15 is 0 Å². The van der Waals surface area contributed by atoms with Crippen LogP contribution in [0.4, 0.5) is 10.8 Å². The lowest BCUT2D eigenvalue weighted by Gasteiger charge is -1.97. The summed E-state index contributed by atoms with van der Waals surface area (Å²) in [5.41, 5.74) is 0. The van der Waals surface area contributed by atoms with Crippen molar-refractivity contribution in [3.8, 4) is 0 Å². The molecule has 0 spiro atoms.